The van der Waals surface area contributed by atoms with Gasteiger partial charge in [-0.25, -0.2) is 0 Å². The number of nitrogens with zero attached hydrogens (tertiary/aromatic N) is 5. The molecule has 0 atom stereocenters. The van der Waals surface area contributed by atoms with Gasteiger partial charge in [-0.2, -0.15) is 10.4 Å². The molecule has 0 aliphatic rings. The summed E-state index contributed by atoms with van der Waals surface area (Å²) in [6.45, 7) is 0. The van der Waals surface area contributed by atoms with Gasteiger partial charge in [-0.3, -0.25) is 10.1 Å². The molecule has 0 bridgehead atoms. The molecule has 1 aromatic heterocycles. The molecule has 0 aliphatic heterocycles. The minimum absolute atomic E-state index is 0.135. The molecule has 0 saturated carbocycles. The smallest absolute Gasteiger partial charge is 0.270 e. The standard InChI is InChI=1S/C15H13N7O2/c16-10-11-9-13(22(23)24)5-6-14(11)21-8-2-4-12(21)3-1-7-19-20-15(17)18/h1-9H,(H4,17,18,20)/b3-1+,19-7+. The molecule has 24 heavy (non-hydrogen) atoms. The van der Waals surface area contributed by atoms with Crippen LogP contribution in [0.1, 0.15) is 11.3 Å². The number of guanidine groups is 1. The molecule has 4 N–H and O–H groups in total. The van der Waals surface area contributed by atoms with E-state index in [0.29, 0.717) is 5.69 Å². The highest BCUT2D eigenvalue weighted by molar-refractivity contribution is 5.80. The molecule has 0 spiro atoms. The second-order valence-corrected chi connectivity index (χ2v) is 4.52. The largest absolute Gasteiger partial charge is 0.369 e. The summed E-state index contributed by atoms with van der Waals surface area (Å²) in [7, 11) is 0. The highest BCUT2D eigenvalue weighted by Crippen LogP contribution is 2.22. The fourth-order valence-corrected chi connectivity index (χ4v) is 1.97. The average molecular weight is 323 g/mol. The van der Waals surface area contributed by atoms with Crippen molar-refractivity contribution in [2.75, 3.05) is 0 Å². The monoisotopic (exact) mass is 323 g/mol. The molecule has 0 aliphatic carbocycles. The van der Waals surface area contributed by atoms with Crippen LogP contribution in [0.3, 0.4) is 0 Å². The van der Waals surface area contributed by atoms with Crippen molar-refractivity contribution in [3.05, 3.63) is 64.0 Å². The van der Waals surface area contributed by atoms with Gasteiger partial charge < -0.3 is 16.0 Å². The Morgan fingerprint density at radius 2 is 2.17 bits per heavy atom. The number of benzene rings is 1. The van der Waals surface area contributed by atoms with Crippen LogP contribution in [0.4, 0.5) is 5.69 Å². The second-order valence-electron chi connectivity index (χ2n) is 4.52. The molecule has 1 aromatic carbocycles. The maximum atomic E-state index is 10.8. The number of nitro benzene ring substituents is 1. The predicted octanol–water partition coefficient (Wildman–Crippen LogP) is 1.53. The van der Waals surface area contributed by atoms with Crippen LogP contribution in [0.25, 0.3) is 11.8 Å². The Morgan fingerprint density at radius 1 is 1.38 bits per heavy atom. The Bertz CT molecular complexity index is 883. The van der Waals surface area contributed by atoms with Crippen molar-refractivity contribution >= 4 is 23.9 Å². The molecule has 0 radical (unpaired) electrons. The Labute approximate surface area is 137 Å². The molecule has 0 amide bonds. The minimum atomic E-state index is -0.540. The van der Waals surface area contributed by atoms with Gasteiger partial charge in [0.25, 0.3) is 5.69 Å². The maximum Gasteiger partial charge on any atom is 0.270 e. The third-order valence-electron chi connectivity index (χ3n) is 2.94. The molecule has 2 aromatic rings. The zero-order valence-corrected chi connectivity index (χ0v) is 12.4. The first kappa shape index (κ1) is 16.4. The molecule has 9 nitrogen and oxygen atoms in total. The van der Waals surface area contributed by atoms with Crippen LogP contribution in [-0.2, 0) is 0 Å². The van der Waals surface area contributed by atoms with Crippen molar-refractivity contribution in [2.45, 2.75) is 0 Å². The van der Waals surface area contributed by atoms with E-state index >= 15 is 0 Å². The van der Waals surface area contributed by atoms with Gasteiger partial charge in [-0.15, -0.1) is 5.10 Å². The van der Waals surface area contributed by atoms with E-state index in [-0.39, 0.29) is 17.2 Å². The third-order valence-corrected chi connectivity index (χ3v) is 2.94. The SMILES string of the molecule is N#Cc1cc([N+](=O)[O-])ccc1-n1cccc1/C=C/C=N/N=C(N)N. The lowest BCUT2D eigenvalue weighted by atomic mass is 10.1. The van der Waals surface area contributed by atoms with Crippen molar-refractivity contribution < 1.29 is 4.92 Å². The van der Waals surface area contributed by atoms with Crippen molar-refractivity contribution in [2.24, 2.45) is 21.7 Å². The van der Waals surface area contributed by atoms with E-state index < -0.39 is 4.92 Å². The fourth-order valence-electron chi connectivity index (χ4n) is 1.97. The Morgan fingerprint density at radius 3 is 2.83 bits per heavy atom. The van der Waals surface area contributed by atoms with Gasteiger partial charge in [0.05, 0.1) is 16.2 Å². The third kappa shape index (κ3) is 3.83. The number of nitriles is 1. The quantitative estimate of drug-likeness (QED) is 0.370. The number of nitro groups is 1. The lowest BCUT2D eigenvalue weighted by Crippen LogP contribution is -2.21. The maximum absolute atomic E-state index is 10.8. The molecule has 120 valence electrons. The fraction of sp³-hybridized carbons (Fsp3) is 0. The van der Waals surface area contributed by atoms with E-state index in [0.717, 1.165) is 5.69 Å². The summed E-state index contributed by atoms with van der Waals surface area (Å²) in [4.78, 5) is 10.3. The lowest BCUT2D eigenvalue weighted by molar-refractivity contribution is -0.384. The number of rotatable bonds is 5. The zero-order chi connectivity index (χ0) is 17.5. The van der Waals surface area contributed by atoms with E-state index in [9.17, 15) is 15.4 Å². The highest BCUT2D eigenvalue weighted by atomic mass is 16.6. The molecule has 0 saturated heterocycles. The van der Waals surface area contributed by atoms with Gasteiger partial charge in [0.2, 0.25) is 5.96 Å². The van der Waals surface area contributed by atoms with Gasteiger partial charge in [0, 0.05) is 30.2 Å². The number of hydrogen-bond donors (Lipinski definition) is 2. The molecular weight excluding hydrogens is 310 g/mol. The summed E-state index contributed by atoms with van der Waals surface area (Å²) in [5.41, 5.74) is 11.6. The summed E-state index contributed by atoms with van der Waals surface area (Å²) < 4.78 is 1.73. The summed E-state index contributed by atoms with van der Waals surface area (Å²) in [6, 6.07) is 9.69. The summed E-state index contributed by atoms with van der Waals surface area (Å²) >= 11 is 0. The molecular formula is C15H13N7O2. The minimum Gasteiger partial charge on any atom is -0.369 e. The number of aromatic nitrogens is 1. The van der Waals surface area contributed by atoms with Crippen molar-refractivity contribution in [1.29, 1.82) is 5.26 Å². The molecule has 9 heteroatoms. The first-order valence-corrected chi connectivity index (χ1v) is 6.68. The topological polar surface area (TPSA) is 149 Å². The van der Waals surface area contributed by atoms with E-state index in [1.165, 1.54) is 24.4 Å². The predicted molar refractivity (Wildman–Crippen MR) is 90.5 cm³/mol. The Hall–Kier alpha value is -3.93. The number of allylic oxidation sites excluding steroid dienone is 1. The van der Waals surface area contributed by atoms with Gasteiger partial charge in [-0.05, 0) is 30.4 Å². The van der Waals surface area contributed by atoms with Crippen LogP contribution in [-0.4, -0.2) is 21.7 Å². The molecule has 0 fully saturated rings. The lowest BCUT2D eigenvalue weighted by Gasteiger charge is -2.08. The van der Waals surface area contributed by atoms with Crippen LogP contribution in [0.2, 0.25) is 0 Å². The van der Waals surface area contributed by atoms with Crippen LogP contribution in [0, 0.1) is 21.4 Å². The van der Waals surface area contributed by atoms with E-state index in [4.69, 9.17) is 11.5 Å². The number of nitrogens with two attached hydrogens (primary N) is 2. The first-order valence-electron chi connectivity index (χ1n) is 6.68. The summed E-state index contributed by atoms with van der Waals surface area (Å²) in [6.07, 6.45) is 6.50. The zero-order valence-electron chi connectivity index (χ0n) is 12.4. The van der Waals surface area contributed by atoms with E-state index in [1.807, 2.05) is 12.1 Å². The van der Waals surface area contributed by atoms with Gasteiger partial charge in [0.15, 0.2) is 0 Å². The molecule has 0 unspecified atom stereocenters. The van der Waals surface area contributed by atoms with Crippen LogP contribution in [0.15, 0.2) is 52.8 Å². The Kier molecular flexibility index (Phi) is 5.05. The Balaban J connectivity index is 2.35. The highest BCUT2D eigenvalue weighted by Gasteiger charge is 2.12. The molecule has 2 rings (SSSR count). The second kappa shape index (κ2) is 7.37. The van der Waals surface area contributed by atoms with Gasteiger partial charge >= 0.3 is 0 Å². The van der Waals surface area contributed by atoms with Crippen molar-refractivity contribution in [3.8, 4) is 11.8 Å². The summed E-state index contributed by atoms with van der Waals surface area (Å²) in [5, 5.41) is 27.2. The van der Waals surface area contributed by atoms with Crippen LogP contribution in [0.5, 0.6) is 0 Å². The first-order chi connectivity index (χ1) is 11.5. The van der Waals surface area contributed by atoms with E-state index in [1.54, 1.807) is 29.0 Å². The van der Waals surface area contributed by atoms with Gasteiger partial charge in [-0.1, -0.05) is 0 Å². The van der Waals surface area contributed by atoms with Crippen molar-refractivity contribution in [1.82, 2.24) is 4.57 Å². The number of non-ortho nitro benzene ring substituents is 1. The normalized spacial score (nSPS) is 10.8. The van der Waals surface area contributed by atoms with Crippen molar-refractivity contribution in [3.63, 3.8) is 0 Å². The average Bonchev–Trinajstić information content (AvgIpc) is 3.01. The van der Waals surface area contributed by atoms with Crippen LogP contribution >= 0.6 is 0 Å². The van der Waals surface area contributed by atoms with Gasteiger partial charge in [0.1, 0.15) is 6.07 Å². The summed E-state index contributed by atoms with van der Waals surface area (Å²) in [5.74, 6) is -0.146. The van der Waals surface area contributed by atoms with Crippen LogP contribution < -0.4 is 11.5 Å². The number of hydrogen-bond acceptors (Lipinski definition) is 5. The molecule has 1 heterocycles. The van der Waals surface area contributed by atoms with E-state index in [2.05, 4.69) is 10.2 Å².